The Kier molecular flexibility index (Phi) is 3.38. The van der Waals surface area contributed by atoms with Crippen molar-refractivity contribution in [2.75, 3.05) is 16.4 Å². The average molecular weight is 296 g/mol. The number of nitrogens with one attached hydrogen (secondary N) is 2. The molecule has 22 heavy (non-hydrogen) atoms. The zero-order valence-electron chi connectivity index (χ0n) is 11.8. The van der Waals surface area contributed by atoms with Gasteiger partial charge >= 0.3 is 0 Å². The number of pyridine rings is 1. The third-order valence-corrected chi connectivity index (χ3v) is 3.33. The number of nitrogen functional groups attached to an aromatic ring is 1. The number of hydrogen-bond acceptors (Lipinski definition) is 6. The molecular weight excluding hydrogens is 282 g/mol. The molecule has 0 saturated carbocycles. The summed E-state index contributed by atoms with van der Waals surface area (Å²) in [6.45, 7) is 1.97. The number of aromatic nitrogens is 1. The molecule has 1 aliphatic rings. The number of benzene rings is 1. The number of rotatable bonds is 2. The zero-order valence-corrected chi connectivity index (χ0v) is 11.8. The van der Waals surface area contributed by atoms with Crippen molar-refractivity contribution in [1.29, 1.82) is 0 Å². The lowest BCUT2D eigenvalue weighted by atomic mass is 10.0. The molecule has 1 aromatic carbocycles. The van der Waals surface area contributed by atoms with Gasteiger partial charge in [-0.2, -0.15) is 0 Å². The molecule has 1 unspecified atom stereocenters. The molecule has 7 nitrogen and oxygen atoms in total. The van der Waals surface area contributed by atoms with Crippen molar-refractivity contribution >= 4 is 34.8 Å². The molecule has 1 atom stereocenters. The van der Waals surface area contributed by atoms with Crippen molar-refractivity contribution < 1.29 is 9.90 Å². The van der Waals surface area contributed by atoms with Crippen LogP contribution in [-0.2, 0) is 0 Å². The van der Waals surface area contributed by atoms with Crippen LogP contribution in [0.25, 0.3) is 0 Å². The molecule has 0 radical (unpaired) electrons. The molecule has 3 rings (SSSR count). The summed E-state index contributed by atoms with van der Waals surface area (Å²) < 4.78 is 0. The summed E-state index contributed by atoms with van der Waals surface area (Å²) in [5.41, 5.74) is 8.86. The fourth-order valence-corrected chi connectivity index (χ4v) is 2.40. The Morgan fingerprint density at radius 3 is 2.77 bits per heavy atom. The number of amides is 1. The van der Waals surface area contributed by atoms with Crippen molar-refractivity contribution in [1.82, 2.24) is 4.98 Å². The number of nitrogens with zero attached hydrogens (tertiary/aromatic N) is 2. The van der Waals surface area contributed by atoms with Gasteiger partial charge < -0.3 is 26.3 Å². The van der Waals surface area contributed by atoms with E-state index in [4.69, 9.17) is 5.73 Å². The topological polar surface area (TPSA) is 115 Å². The molecular formula is C15H14N5O2-. The first-order chi connectivity index (χ1) is 10.5. The Hall–Kier alpha value is -3.09. The van der Waals surface area contributed by atoms with E-state index in [1.807, 2.05) is 37.3 Å². The number of hydrogen-bond donors (Lipinski definition) is 3. The van der Waals surface area contributed by atoms with Crippen LogP contribution >= 0.6 is 0 Å². The summed E-state index contributed by atoms with van der Waals surface area (Å²) in [4.78, 5) is 19.2. The van der Waals surface area contributed by atoms with Crippen molar-refractivity contribution in [3.8, 4) is 0 Å². The van der Waals surface area contributed by atoms with E-state index in [0.717, 1.165) is 11.3 Å². The second-order valence-corrected chi connectivity index (χ2v) is 4.93. The maximum atomic E-state index is 10.6. The highest BCUT2D eigenvalue weighted by Crippen LogP contribution is 2.37. The number of carbonyl (C=O) groups excluding carboxylic acids is 1. The Morgan fingerprint density at radius 1 is 1.36 bits per heavy atom. The SMILES string of the molecule is CC1Nc2cc(NC(=O)[O-])nc(N)c2N=C1c1ccccc1. The summed E-state index contributed by atoms with van der Waals surface area (Å²) in [5.74, 6) is 0.253. The maximum absolute atomic E-state index is 10.6. The van der Waals surface area contributed by atoms with Gasteiger partial charge in [0, 0.05) is 6.07 Å². The standard InChI is InChI=1S/C15H15N5O2/c1-8-12(9-5-3-2-4-6-9)20-13-10(17-8)7-11(18-14(13)16)19-15(21)22/h2-8,17H,1H3,(H,21,22)(H3,16,18,19)/p-1. The molecule has 2 heterocycles. The first-order valence-electron chi connectivity index (χ1n) is 6.73. The minimum absolute atomic E-state index is 0.0486. The first-order valence-corrected chi connectivity index (χ1v) is 6.73. The molecule has 0 saturated heterocycles. The van der Waals surface area contributed by atoms with E-state index >= 15 is 0 Å². The van der Waals surface area contributed by atoms with E-state index in [9.17, 15) is 9.90 Å². The molecule has 7 heteroatoms. The van der Waals surface area contributed by atoms with Crippen LogP contribution in [0.4, 0.5) is 27.8 Å². The Labute approximate surface area is 126 Å². The summed E-state index contributed by atoms with van der Waals surface area (Å²) in [7, 11) is 0. The molecule has 0 fully saturated rings. The van der Waals surface area contributed by atoms with Gasteiger partial charge in [-0.15, -0.1) is 0 Å². The first kappa shape index (κ1) is 13.9. The van der Waals surface area contributed by atoms with Gasteiger partial charge in [-0.05, 0) is 12.5 Å². The lowest BCUT2D eigenvalue weighted by Gasteiger charge is -2.25. The lowest BCUT2D eigenvalue weighted by Crippen LogP contribution is -2.31. The van der Waals surface area contributed by atoms with Gasteiger partial charge in [0.1, 0.15) is 17.6 Å². The van der Waals surface area contributed by atoms with Crippen LogP contribution in [0.3, 0.4) is 0 Å². The minimum Gasteiger partial charge on any atom is -0.530 e. The predicted octanol–water partition coefficient (Wildman–Crippen LogP) is 1.35. The van der Waals surface area contributed by atoms with E-state index in [1.165, 1.54) is 0 Å². The fourth-order valence-electron chi connectivity index (χ4n) is 2.40. The number of nitrogens with two attached hydrogens (primary N) is 1. The van der Waals surface area contributed by atoms with Gasteiger partial charge in [0.25, 0.3) is 0 Å². The zero-order chi connectivity index (χ0) is 15.7. The third kappa shape index (κ3) is 2.56. The molecule has 0 spiro atoms. The second-order valence-electron chi connectivity index (χ2n) is 4.93. The lowest BCUT2D eigenvalue weighted by molar-refractivity contribution is -0.242. The van der Waals surface area contributed by atoms with Crippen LogP contribution in [-0.4, -0.2) is 22.8 Å². The summed E-state index contributed by atoms with van der Waals surface area (Å²) >= 11 is 0. The van der Waals surface area contributed by atoms with Crippen LogP contribution < -0.4 is 21.5 Å². The van der Waals surface area contributed by atoms with Crippen molar-refractivity contribution in [3.05, 3.63) is 42.0 Å². The summed E-state index contributed by atoms with van der Waals surface area (Å²) in [6.07, 6.45) is -1.44. The van der Waals surface area contributed by atoms with Crippen LogP contribution in [0.2, 0.25) is 0 Å². The maximum Gasteiger partial charge on any atom is 0.153 e. The Morgan fingerprint density at radius 2 is 2.09 bits per heavy atom. The Bertz CT molecular complexity index is 758. The van der Waals surface area contributed by atoms with Gasteiger partial charge in [-0.3, -0.25) is 0 Å². The van der Waals surface area contributed by atoms with Crippen LogP contribution in [0, 0.1) is 0 Å². The molecule has 0 bridgehead atoms. The van der Waals surface area contributed by atoms with Crippen molar-refractivity contribution in [2.24, 2.45) is 4.99 Å². The van der Waals surface area contributed by atoms with Gasteiger partial charge in [0.2, 0.25) is 0 Å². The molecule has 0 aliphatic carbocycles. The number of anilines is 3. The van der Waals surface area contributed by atoms with Gasteiger partial charge in [-0.1, -0.05) is 30.3 Å². The molecule has 1 amide bonds. The van der Waals surface area contributed by atoms with E-state index in [0.29, 0.717) is 11.4 Å². The normalized spacial score (nSPS) is 16.2. The highest BCUT2D eigenvalue weighted by atomic mass is 16.4. The summed E-state index contributed by atoms with van der Waals surface area (Å²) in [5, 5.41) is 15.9. The highest BCUT2D eigenvalue weighted by molar-refractivity contribution is 6.10. The number of fused-ring (bicyclic) bond motifs is 1. The molecule has 1 aromatic heterocycles. The van der Waals surface area contributed by atoms with Gasteiger partial charge in [-0.25, -0.2) is 9.98 Å². The van der Waals surface area contributed by atoms with Gasteiger partial charge in [0.05, 0.1) is 17.4 Å². The third-order valence-electron chi connectivity index (χ3n) is 3.33. The van der Waals surface area contributed by atoms with E-state index in [1.54, 1.807) is 6.07 Å². The van der Waals surface area contributed by atoms with Crippen LogP contribution in [0.15, 0.2) is 41.4 Å². The predicted molar refractivity (Wildman–Crippen MR) is 83.4 cm³/mol. The second kappa shape index (κ2) is 5.36. The van der Waals surface area contributed by atoms with Crippen LogP contribution in [0.1, 0.15) is 12.5 Å². The van der Waals surface area contributed by atoms with E-state index in [2.05, 4.69) is 20.6 Å². The summed E-state index contributed by atoms with van der Waals surface area (Å²) in [6, 6.07) is 11.3. The largest absolute Gasteiger partial charge is 0.530 e. The van der Waals surface area contributed by atoms with Gasteiger partial charge in [0.15, 0.2) is 5.82 Å². The number of aliphatic imine (C=N–C) groups is 1. The average Bonchev–Trinajstić information content (AvgIpc) is 2.46. The van der Waals surface area contributed by atoms with E-state index < -0.39 is 6.09 Å². The van der Waals surface area contributed by atoms with E-state index in [-0.39, 0.29) is 17.7 Å². The minimum atomic E-state index is -1.44. The number of carbonyl (C=O) groups is 1. The molecule has 2 aromatic rings. The van der Waals surface area contributed by atoms with Crippen molar-refractivity contribution in [2.45, 2.75) is 13.0 Å². The van der Waals surface area contributed by atoms with Crippen LogP contribution in [0.5, 0.6) is 0 Å². The highest BCUT2D eigenvalue weighted by Gasteiger charge is 2.22. The molecule has 1 aliphatic heterocycles. The Balaban J connectivity index is 2.05. The number of carboxylic acid groups (broad SMARTS) is 1. The molecule has 112 valence electrons. The monoisotopic (exact) mass is 296 g/mol. The van der Waals surface area contributed by atoms with Crippen molar-refractivity contribution in [3.63, 3.8) is 0 Å². The quantitative estimate of drug-likeness (QED) is 0.773. The molecule has 4 N–H and O–H groups in total. The fraction of sp³-hybridized carbons (Fsp3) is 0.133. The smallest absolute Gasteiger partial charge is 0.153 e.